The molecular weight excluding hydrogens is 258 g/mol. The topological polar surface area (TPSA) is 38.0 Å². The van der Waals surface area contributed by atoms with Gasteiger partial charge in [0.15, 0.2) is 11.6 Å². The molecule has 2 rings (SSSR count). The zero-order valence-electron chi connectivity index (χ0n) is 11.9. The smallest absolute Gasteiger partial charge is 0.159 e. The van der Waals surface area contributed by atoms with Crippen LogP contribution in [-0.4, -0.2) is 6.04 Å². The summed E-state index contributed by atoms with van der Waals surface area (Å²) in [6.07, 6.45) is 9.48. The second-order valence-electron chi connectivity index (χ2n) is 5.90. The SMILES string of the molecule is NNC(CCC1CCCCC1)Cc1ccc(F)c(F)c1. The van der Waals surface area contributed by atoms with Crippen LogP contribution in [0.15, 0.2) is 18.2 Å². The number of rotatable bonds is 6. The van der Waals surface area contributed by atoms with Crippen LogP contribution < -0.4 is 11.3 Å². The quantitative estimate of drug-likeness (QED) is 0.617. The van der Waals surface area contributed by atoms with Crippen molar-refractivity contribution in [3.05, 3.63) is 35.4 Å². The molecule has 0 aromatic heterocycles. The van der Waals surface area contributed by atoms with Crippen molar-refractivity contribution < 1.29 is 8.78 Å². The van der Waals surface area contributed by atoms with Crippen LogP contribution in [0.25, 0.3) is 0 Å². The van der Waals surface area contributed by atoms with Gasteiger partial charge in [0.25, 0.3) is 0 Å². The molecule has 0 aliphatic heterocycles. The minimum Gasteiger partial charge on any atom is -0.271 e. The van der Waals surface area contributed by atoms with E-state index in [1.807, 2.05) is 0 Å². The molecule has 1 saturated carbocycles. The van der Waals surface area contributed by atoms with E-state index in [0.29, 0.717) is 6.42 Å². The number of hydrogen-bond donors (Lipinski definition) is 2. The zero-order valence-corrected chi connectivity index (χ0v) is 11.9. The van der Waals surface area contributed by atoms with E-state index in [4.69, 9.17) is 5.84 Å². The largest absolute Gasteiger partial charge is 0.271 e. The molecule has 1 aromatic carbocycles. The predicted molar refractivity (Wildman–Crippen MR) is 77.0 cm³/mol. The number of hydrazine groups is 1. The average molecular weight is 282 g/mol. The standard InChI is InChI=1S/C16H24F2N2/c17-15-9-7-13(11-16(15)18)10-14(20-19)8-6-12-4-2-1-3-5-12/h7,9,11-12,14,20H,1-6,8,10,19H2. The molecule has 0 amide bonds. The Kier molecular flexibility index (Phi) is 5.92. The molecular formula is C16H24F2N2. The van der Waals surface area contributed by atoms with Crippen LogP contribution in [-0.2, 0) is 6.42 Å². The van der Waals surface area contributed by atoms with Crippen molar-refractivity contribution in [2.24, 2.45) is 11.8 Å². The zero-order chi connectivity index (χ0) is 14.4. The van der Waals surface area contributed by atoms with E-state index in [1.54, 1.807) is 6.07 Å². The Bertz CT molecular complexity index is 417. The summed E-state index contributed by atoms with van der Waals surface area (Å²) in [5.41, 5.74) is 3.60. The van der Waals surface area contributed by atoms with E-state index in [1.165, 1.54) is 50.7 Å². The summed E-state index contributed by atoms with van der Waals surface area (Å²) in [5, 5.41) is 0. The van der Waals surface area contributed by atoms with Crippen LogP contribution in [0, 0.1) is 17.6 Å². The van der Waals surface area contributed by atoms with Crippen LogP contribution in [0.1, 0.15) is 50.5 Å². The Labute approximate surface area is 119 Å². The van der Waals surface area contributed by atoms with Crippen LogP contribution in [0.3, 0.4) is 0 Å². The number of nitrogens with two attached hydrogens (primary N) is 1. The molecule has 2 nitrogen and oxygen atoms in total. The van der Waals surface area contributed by atoms with Crippen LogP contribution in [0.2, 0.25) is 0 Å². The Morgan fingerprint density at radius 1 is 1.15 bits per heavy atom. The van der Waals surface area contributed by atoms with Crippen molar-refractivity contribution in [3.8, 4) is 0 Å². The molecule has 20 heavy (non-hydrogen) atoms. The van der Waals surface area contributed by atoms with Gasteiger partial charge in [-0.2, -0.15) is 0 Å². The normalized spacial score (nSPS) is 18.1. The van der Waals surface area contributed by atoms with Crippen molar-refractivity contribution in [1.82, 2.24) is 5.43 Å². The lowest BCUT2D eigenvalue weighted by Gasteiger charge is -2.24. The summed E-state index contributed by atoms with van der Waals surface area (Å²) in [4.78, 5) is 0. The molecule has 1 aliphatic carbocycles. The molecule has 1 aromatic rings. The van der Waals surface area contributed by atoms with Crippen LogP contribution in [0.5, 0.6) is 0 Å². The fraction of sp³-hybridized carbons (Fsp3) is 0.625. The Morgan fingerprint density at radius 2 is 1.90 bits per heavy atom. The van der Waals surface area contributed by atoms with Crippen molar-refractivity contribution in [3.63, 3.8) is 0 Å². The third-order valence-corrected chi connectivity index (χ3v) is 4.35. The number of benzene rings is 1. The Balaban J connectivity index is 1.83. The lowest BCUT2D eigenvalue weighted by atomic mass is 9.84. The first-order valence-electron chi connectivity index (χ1n) is 7.59. The maximum atomic E-state index is 13.2. The van der Waals surface area contributed by atoms with Gasteiger partial charge >= 0.3 is 0 Å². The highest BCUT2D eigenvalue weighted by Gasteiger charge is 2.16. The number of halogens is 2. The first kappa shape index (κ1) is 15.4. The summed E-state index contributed by atoms with van der Waals surface area (Å²) in [6.45, 7) is 0. The fourth-order valence-corrected chi connectivity index (χ4v) is 3.11. The fourth-order valence-electron chi connectivity index (χ4n) is 3.11. The molecule has 1 aliphatic rings. The lowest BCUT2D eigenvalue weighted by Crippen LogP contribution is -2.37. The van der Waals surface area contributed by atoms with Crippen molar-refractivity contribution >= 4 is 0 Å². The Morgan fingerprint density at radius 3 is 2.55 bits per heavy atom. The molecule has 112 valence electrons. The van der Waals surface area contributed by atoms with E-state index in [9.17, 15) is 8.78 Å². The minimum absolute atomic E-state index is 0.127. The van der Waals surface area contributed by atoms with Gasteiger partial charge in [0.05, 0.1) is 0 Å². The van der Waals surface area contributed by atoms with E-state index in [-0.39, 0.29) is 6.04 Å². The van der Waals surface area contributed by atoms with Crippen molar-refractivity contribution in [1.29, 1.82) is 0 Å². The van der Waals surface area contributed by atoms with Gasteiger partial charge in [-0.15, -0.1) is 0 Å². The predicted octanol–water partition coefficient (Wildman–Crippen LogP) is 3.70. The number of nitrogens with one attached hydrogen (secondary N) is 1. The van der Waals surface area contributed by atoms with Gasteiger partial charge in [-0.3, -0.25) is 11.3 Å². The molecule has 1 fully saturated rings. The van der Waals surface area contributed by atoms with Crippen LogP contribution >= 0.6 is 0 Å². The molecule has 1 unspecified atom stereocenters. The van der Waals surface area contributed by atoms with Gasteiger partial charge in [-0.1, -0.05) is 38.2 Å². The van der Waals surface area contributed by atoms with Gasteiger partial charge in [-0.25, -0.2) is 8.78 Å². The van der Waals surface area contributed by atoms with E-state index in [2.05, 4.69) is 5.43 Å². The maximum Gasteiger partial charge on any atom is 0.159 e. The second-order valence-corrected chi connectivity index (χ2v) is 5.90. The molecule has 0 bridgehead atoms. The summed E-state index contributed by atoms with van der Waals surface area (Å²) in [7, 11) is 0. The lowest BCUT2D eigenvalue weighted by molar-refractivity contribution is 0.313. The molecule has 0 radical (unpaired) electrons. The van der Waals surface area contributed by atoms with Gasteiger partial charge < -0.3 is 0 Å². The molecule has 0 spiro atoms. The highest BCUT2D eigenvalue weighted by atomic mass is 19.2. The monoisotopic (exact) mass is 282 g/mol. The highest BCUT2D eigenvalue weighted by Crippen LogP contribution is 2.28. The van der Waals surface area contributed by atoms with Gasteiger partial charge in [0, 0.05) is 6.04 Å². The molecule has 0 saturated heterocycles. The van der Waals surface area contributed by atoms with Gasteiger partial charge in [-0.05, 0) is 42.9 Å². The maximum absolute atomic E-state index is 13.2. The van der Waals surface area contributed by atoms with E-state index in [0.717, 1.165) is 17.9 Å². The van der Waals surface area contributed by atoms with Crippen molar-refractivity contribution in [2.45, 2.75) is 57.4 Å². The molecule has 3 N–H and O–H groups in total. The molecule has 0 heterocycles. The summed E-state index contributed by atoms with van der Waals surface area (Å²) in [5.74, 6) is 4.81. The van der Waals surface area contributed by atoms with E-state index >= 15 is 0 Å². The third kappa shape index (κ3) is 4.53. The third-order valence-electron chi connectivity index (χ3n) is 4.35. The first-order chi connectivity index (χ1) is 9.69. The summed E-state index contributed by atoms with van der Waals surface area (Å²) < 4.78 is 26.1. The van der Waals surface area contributed by atoms with Gasteiger partial charge in [0.1, 0.15) is 0 Å². The summed E-state index contributed by atoms with van der Waals surface area (Å²) >= 11 is 0. The average Bonchev–Trinajstić information content (AvgIpc) is 2.48. The molecule has 4 heteroatoms. The van der Waals surface area contributed by atoms with E-state index < -0.39 is 11.6 Å². The summed E-state index contributed by atoms with van der Waals surface area (Å²) in [6, 6.07) is 4.20. The van der Waals surface area contributed by atoms with Crippen LogP contribution in [0.4, 0.5) is 8.78 Å². The highest BCUT2D eigenvalue weighted by molar-refractivity contribution is 5.18. The number of hydrogen-bond acceptors (Lipinski definition) is 2. The first-order valence-corrected chi connectivity index (χ1v) is 7.59. The minimum atomic E-state index is -0.798. The Hall–Kier alpha value is -1.00. The van der Waals surface area contributed by atoms with Gasteiger partial charge in [0.2, 0.25) is 0 Å². The second kappa shape index (κ2) is 7.70. The van der Waals surface area contributed by atoms with Crippen molar-refractivity contribution in [2.75, 3.05) is 0 Å². The molecule has 1 atom stereocenters.